The Morgan fingerprint density at radius 1 is 1.26 bits per heavy atom. The van der Waals surface area contributed by atoms with Crippen LogP contribution < -0.4 is 16.4 Å². The lowest BCUT2D eigenvalue weighted by Gasteiger charge is -2.13. The lowest BCUT2D eigenvalue weighted by molar-refractivity contribution is -0.141. The molecule has 0 bridgehead atoms. The Kier molecular flexibility index (Phi) is 6.97. The van der Waals surface area contributed by atoms with E-state index in [4.69, 9.17) is 5.73 Å². The first-order chi connectivity index (χ1) is 18.5. The van der Waals surface area contributed by atoms with Crippen LogP contribution in [0, 0.1) is 5.92 Å². The van der Waals surface area contributed by atoms with Crippen LogP contribution in [0.5, 0.6) is 0 Å². The van der Waals surface area contributed by atoms with Gasteiger partial charge >= 0.3 is 6.18 Å². The predicted molar refractivity (Wildman–Crippen MR) is 133 cm³/mol. The zero-order valence-electron chi connectivity index (χ0n) is 20.7. The van der Waals surface area contributed by atoms with Gasteiger partial charge in [0.25, 0.3) is 12.3 Å². The number of alkyl halides is 5. The number of imidazole rings is 1. The monoisotopic (exact) mass is 548 g/mol. The summed E-state index contributed by atoms with van der Waals surface area (Å²) in [5.41, 5.74) is 6.27. The quantitative estimate of drug-likeness (QED) is 0.269. The summed E-state index contributed by atoms with van der Waals surface area (Å²) in [5.74, 6) is 0.361. The van der Waals surface area contributed by atoms with E-state index in [1.54, 1.807) is 18.2 Å². The van der Waals surface area contributed by atoms with E-state index in [0.29, 0.717) is 34.8 Å². The Labute approximate surface area is 219 Å². The van der Waals surface area contributed by atoms with Gasteiger partial charge in [0.05, 0.1) is 17.5 Å². The number of carbonyl (C=O) groups is 1. The van der Waals surface area contributed by atoms with Gasteiger partial charge in [-0.05, 0) is 42.5 Å². The number of carbonyl (C=O) groups excluding carboxylic acids is 1. The van der Waals surface area contributed by atoms with Crippen molar-refractivity contribution < 1.29 is 26.7 Å². The minimum Gasteiger partial charge on any atom is -0.352 e. The second-order valence-corrected chi connectivity index (χ2v) is 9.34. The van der Waals surface area contributed by atoms with Gasteiger partial charge in [-0.25, -0.2) is 18.7 Å². The topological polar surface area (TPSA) is 115 Å². The minimum absolute atomic E-state index is 0.0138. The Bertz CT molecular complexity index is 1510. The average Bonchev–Trinajstić information content (AvgIpc) is 3.24. The van der Waals surface area contributed by atoms with Crippen molar-refractivity contribution >= 4 is 23.1 Å². The maximum Gasteiger partial charge on any atom is 0.435 e. The van der Waals surface area contributed by atoms with E-state index in [9.17, 15) is 26.7 Å². The highest BCUT2D eigenvalue weighted by Crippen LogP contribution is 2.37. The zero-order chi connectivity index (χ0) is 27.9. The third-order valence-corrected chi connectivity index (χ3v) is 6.55. The first-order valence-corrected chi connectivity index (χ1v) is 12.2. The van der Waals surface area contributed by atoms with Gasteiger partial charge in [0.1, 0.15) is 6.54 Å². The van der Waals surface area contributed by atoms with Crippen LogP contribution in [0.25, 0.3) is 16.9 Å². The maximum atomic E-state index is 13.7. The van der Waals surface area contributed by atoms with E-state index < -0.39 is 24.8 Å². The molecule has 4 N–H and O–H groups in total. The molecule has 14 heteroatoms. The molecular weight excluding hydrogens is 523 g/mol. The molecule has 5 rings (SSSR count). The van der Waals surface area contributed by atoms with E-state index in [1.807, 2.05) is 6.92 Å². The summed E-state index contributed by atoms with van der Waals surface area (Å²) in [5, 5.41) is 9.37. The summed E-state index contributed by atoms with van der Waals surface area (Å²) in [6.45, 7) is 1.46. The fourth-order valence-electron chi connectivity index (χ4n) is 4.41. The van der Waals surface area contributed by atoms with E-state index in [2.05, 4.69) is 25.7 Å². The number of nitrogens with zero attached hydrogens (tertiary/aromatic N) is 5. The summed E-state index contributed by atoms with van der Waals surface area (Å²) in [6.07, 6.45) is -1.33. The molecule has 1 fully saturated rings. The molecule has 2 unspecified atom stereocenters. The molecule has 3 aromatic heterocycles. The number of aryl methyl sites for hydroxylation is 1. The molecule has 1 aromatic carbocycles. The third-order valence-electron chi connectivity index (χ3n) is 6.55. The first-order valence-electron chi connectivity index (χ1n) is 12.2. The largest absolute Gasteiger partial charge is 0.435 e. The van der Waals surface area contributed by atoms with Crippen LogP contribution in [0.15, 0.2) is 43.0 Å². The summed E-state index contributed by atoms with van der Waals surface area (Å²) in [6, 6.07) is 5.31. The van der Waals surface area contributed by atoms with Gasteiger partial charge in [-0.3, -0.25) is 13.9 Å². The molecule has 3 heterocycles. The Balaban J connectivity index is 1.43. The van der Waals surface area contributed by atoms with Gasteiger partial charge in [-0.15, -0.1) is 0 Å². The smallest absolute Gasteiger partial charge is 0.352 e. The van der Waals surface area contributed by atoms with Crippen molar-refractivity contribution in [3.8, 4) is 11.3 Å². The van der Waals surface area contributed by atoms with E-state index in [1.165, 1.54) is 23.0 Å². The fourth-order valence-corrected chi connectivity index (χ4v) is 4.41. The van der Waals surface area contributed by atoms with Crippen molar-refractivity contribution in [1.29, 1.82) is 0 Å². The molecule has 39 heavy (non-hydrogen) atoms. The summed E-state index contributed by atoms with van der Waals surface area (Å²) < 4.78 is 68.6. The Morgan fingerprint density at radius 2 is 2.03 bits per heavy atom. The number of nitrogens with one attached hydrogen (secondary N) is 2. The molecule has 206 valence electrons. The van der Waals surface area contributed by atoms with Crippen LogP contribution in [-0.2, 0) is 19.1 Å². The van der Waals surface area contributed by atoms with E-state index >= 15 is 0 Å². The molecular formula is C25H25F5N8O. The number of halogens is 5. The molecule has 0 aliphatic heterocycles. The lowest BCUT2D eigenvalue weighted by atomic mass is 10.0. The Morgan fingerprint density at radius 3 is 2.69 bits per heavy atom. The summed E-state index contributed by atoms with van der Waals surface area (Å²) in [7, 11) is 0. The first kappa shape index (κ1) is 26.5. The summed E-state index contributed by atoms with van der Waals surface area (Å²) >= 11 is 0. The van der Waals surface area contributed by atoms with Crippen LogP contribution in [-0.4, -0.2) is 49.1 Å². The average molecular weight is 549 g/mol. The van der Waals surface area contributed by atoms with Crippen molar-refractivity contribution in [2.75, 3.05) is 11.9 Å². The van der Waals surface area contributed by atoms with Crippen molar-refractivity contribution in [2.45, 2.75) is 45.0 Å². The van der Waals surface area contributed by atoms with Gasteiger partial charge in [-0.1, -0.05) is 6.92 Å². The number of hydrogen-bond donors (Lipinski definition) is 3. The number of rotatable bonds is 9. The maximum absolute atomic E-state index is 13.7. The number of benzene rings is 1. The molecule has 1 aliphatic rings. The van der Waals surface area contributed by atoms with Gasteiger partial charge in [0.2, 0.25) is 0 Å². The van der Waals surface area contributed by atoms with Crippen molar-refractivity contribution in [3.05, 3.63) is 59.8 Å². The number of hydrogen-bond acceptors (Lipinski definition) is 6. The molecule has 1 aliphatic carbocycles. The SMILES string of the molecule is CCc1cc(Nc2nccn3c(-c4cn(CC(F)F)nc4C(F)(F)F)cnc23)ccc1C(=O)NCC1CC1N. The Hall–Kier alpha value is -4.07. The molecule has 0 radical (unpaired) electrons. The highest BCUT2D eigenvalue weighted by atomic mass is 19.4. The van der Waals surface area contributed by atoms with E-state index in [-0.39, 0.29) is 34.7 Å². The van der Waals surface area contributed by atoms with Crippen LogP contribution in [0.3, 0.4) is 0 Å². The molecule has 1 amide bonds. The van der Waals surface area contributed by atoms with Crippen LogP contribution in [0.1, 0.15) is 35.0 Å². The molecule has 2 atom stereocenters. The van der Waals surface area contributed by atoms with Crippen molar-refractivity contribution in [1.82, 2.24) is 29.5 Å². The highest BCUT2D eigenvalue weighted by molar-refractivity contribution is 5.96. The highest BCUT2D eigenvalue weighted by Gasteiger charge is 2.38. The number of nitrogens with two attached hydrogens (primary N) is 1. The second-order valence-electron chi connectivity index (χ2n) is 9.34. The minimum atomic E-state index is -4.86. The molecule has 1 saturated carbocycles. The van der Waals surface area contributed by atoms with Gasteiger partial charge in [-0.2, -0.15) is 18.3 Å². The second kappa shape index (κ2) is 10.2. The van der Waals surface area contributed by atoms with Crippen LogP contribution >= 0.6 is 0 Å². The van der Waals surface area contributed by atoms with Crippen LogP contribution in [0.2, 0.25) is 0 Å². The fraction of sp³-hybridized carbons (Fsp3) is 0.360. The number of fused-ring (bicyclic) bond motifs is 1. The van der Waals surface area contributed by atoms with Crippen LogP contribution in [0.4, 0.5) is 33.5 Å². The van der Waals surface area contributed by atoms with Gasteiger partial charge < -0.3 is 16.4 Å². The van der Waals surface area contributed by atoms with Gasteiger partial charge in [0.15, 0.2) is 17.2 Å². The number of aromatic nitrogens is 5. The standard InChI is InChI=1S/C25H25F5N8O/c1-2-13-7-15(3-4-16(13)24(39)34-9-14-8-18(14)31)35-22-23-33-10-19(38(23)6-5-32-22)17-11-37(12-20(26)27)36-21(17)25(28,29)30/h3-7,10-11,14,18,20H,2,8-9,12,31H2,1H3,(H,32,35)(H,34,39). The summed E-state index contributed by atoms with van der Waals surface area (Å²) in [4.78, 5) is 21.2. The molecule has 0 spiro atoms. The number of amides is 1. The van der Waals surface area contributed by atoms with Crippen molar-refractivity contribution in [3.63, 3.8) is 0 Å². The normalized spacial score (nSPS) is 17.1. The predicted octanol–water partition coefficient (Wildman–Crippen LogP) is 4.26. The number of anilines is 2. The lowest BCUT2D eigenvalue weighted by Crippen LogP contribution is -2.28. The molecule has 4 aromatic rings. The van der Waals surface area contributed by atoms with E-state index in [0.717, 1.165) is 18.2 Å². The van der Waals surface area contributed by atoms with Crippen molar-refractivity contribution in [2.24, 2.45) is 11.7 Å². The molecule has 9 nitrogen and oxygen atoms in total. The third kappa shape index (κ3) is 5.55. The molecule has 0 saturated heterocycles. The van der Waals surface area contributed by atoms with Gasteiger partial charge in [0, 0.05) is 42.4 Å². The zero-order valence-corrected chi connectivity index (χ0v) is 20.7.